The molecule has 0 aromatic heterocycles. The van der Waals surface area contributed by atoms with Gasteiger partial charge in [0.25, 0.3) is 11.8 Å². The van der Waals surface area contributed by atoms with Crippen molar-refractivity contribution in [2.45, 2.75) is 30.9 Å². The van der Waals surface area contributed by atoms with E-state index in [1.54, 1.807) is 48.5 Å². The molecule has 1 atom stereocenters. The third kappa shape index (κ3) is 5.69. The van der Waals surface area contributed by atoms with Gasteiger partial charge in [-0.05, 0) is 55.7 Å². The van der Waals surface area contributed by atoms with Crippen molar-refractivity contribution in [1.29, 1.82) is 0 Å². The van der Waals surface area contributed by atoms with E-state index in [-0.39, 0.29) is 24.1 Å². The number of hydrogen-bond donors (Lipinski definition) is 2. The average molecular weight is 471 g/mol. The van der Waals surface area contributed by atoms with Gasteiger partial charge in [0.2, 0.25) is 5.91 Å². The predicted octanol–water partition coefficient (Wildman–Crippen LogP) is 4.40. The van der Waals surface area contributed by atoms with Crippen LogP contribution in [-0.2, 0) is 9.59 Å². The molecule has 2 heterocycles. The lowest BCUT2D eigenvalue weighted by Crippen LogP contribution is -2.33. The molecule has 0 bridgehead atoms. The van der Waals surface area contributed by atoms with Crippen LogP contribution >= 0.6 is 23.4 Å². The highest BCUT2D eigenvalue weighted by Crippen LogP contribution is 2.29. The summed E-state index contributed by atoms with van der Waals surface area (Å²) in [5.41, 5.74) is 1.46. The fourth-order valence-electron chi connectivity index (χ4n) is 3.62. The first-order valence-electron chi connectivity index (χ1n) is 10.5. The molecule has 2 N–H and O–H groups in total. The van der Waals surface area contributed by atoms with Gasteiger partial charge < -0.3 is 15.5 Å². The summed E-state index contributed by atoms with van der Waals surface area (Å²) in [6.45, 7) is 1.81. The molecule has 1 fully saturated rings. The average Bonchev–Trinajstić information content (AvgIpc) is 3.14. The van der Waals surface area contributed by atoms with Gasteiger partial charge in [0.05, 0.1) is 0 Å². The zero-order valence-corrected chi connectivity index (χ0v) is 18.9. The Morgan fingerprint density at radius 1 is 1.03 bits per heavy atom. The highest BCUT2D eigenvalue weighted by molar-refractivity contribution is 8.15. The smallest absolute Gasteiger partial charge is 0.262 e. The molecule has 0 saturated carbocycles. The number of benzene rings is 2. The highest BCUT2D eigenvalue weighted by Gasteiger charge is 2.33. The van der Waals surface area contributed by atoms with Crippen molar-refractivity contribution in [2.75, 3.05) is 23.7 Å². The number of thioether (sulfide) groups is 1. The van der Waals surface area contributed by atoms with Crippen LogP contribution in [0.3, 0.4) is 0 Å². The molecule has 0 spiro atoms. The zero-order valence-electron chi connectivity index (χ0n) is 17.3. The second-order valence-electron chi connectivity index (χ2n) is 7.68. The van der Waals surface area contributed by atoms with Gasteiger partial charge in [-0.25, -0.2) is 0 Å². The van der Waals surface area contributed by atoms with Gasteiger partial charge in [-0.2, -0.15) is 4.99 Å². The van der Waals surface area contributed by atoms with Gasteiger partial charge >= 0.3 is 0 Å². The molecule has 166 valence electrons. The van der Waals surface area contributed by atoms with E-state index in [4.69, 9.17) is 11.6 Å². The Labute approximate surface area is 195 Å². The first kappa shape index (κ1) is 22.4. The number of anilines is 2. The van der Waals surface area contributed by atoms with Gasteiger partial charge in [-0.15, -0.1) is 0 Å². The van der Waals surface area contributed by atoms with E-state index in [2.05, 4.69) is 20.5 Å². The third-order valence-corrected chi connectivity index (χ3v) is 6.67. The minimum absolute atomic E-state index is 0.0310. The number of halogens is 1. The Balaban J connectivity index is 1.33. The van der Waals surface area contributed by atoms with Gasteiger partial charge in [0, 0.05) is 41.5 Å². The van der Waals surface area contributed by atoms with E-state index < -0.39 is 5.25 Å². The van der Waals surface area contributed by atoms with E-state index in [1.165, 1.54) is 18.2 Å². The van der Waals surface area contributed by atoms with Crippen LogP contribution < -0.4 is 10.6 Å². The number of aliphatic imine (C=N–C) groups is 1. The van der Waals surface area contributed by atoms with Crippen LogP contribution in [-0.4, -0.2) is 46.1 Å². The van der Waals surface area contributed by atoms with E-state index in [0.717, 1.165) is 31.1 Å². The SMILES string of the molecule is O=C(CC1SC(N2CCCCC2)=NC1=O)Nc1cccc(C(=O)Nc2cccc(Cl)c2)c1. The summed E-state index contributed by atoms with van der Waals surface area (Å²) in [4.78, 5) is 43.7. The topological polar surface area (TPSA) is 90.9 Å². The number of nitrogens with zero attached hydrogens (tertiary/aromatic N) is 2. The minimum atomic E-state index is -0.513. The fourth-order valence-corrected chi connectivity index (χ4v) is 4.93. The van der Waals surface area contributed by atoms with Crippen molar-refractivity contribution in [2.24, 2.45) is 4.99 Å². The second-order valence-corrected chi connectivity index (χ2v) is 9.29. The molecule has 1 unspecified atom stereocenters. The Morgan fingerprint density at radius 3 is 2.50 bits per heavy atom. The molecule has 9 heteroatoms. The number of nitrogens with one attached hydrogen (secondary N) is 2. The molecule has 0 radical (unpaired) electrons. The maximum Gasteiger partial charge on any atom is 0.262 e. The van der Waals surface area contributed by atoms with Crippen LogP contribution in [0.5, 0.6) is 0 Å². The van der Waals surface area contributed by atoms with Crippen LogP contribution in [0.2, 0.25) is 5.02 Å². The summed E-state index contributed by atoms with van der Waals surface area (Å²) in [6.07, 6.45) is 3.42. The summed E-state index contributed by atoms with van der Waals surface area (Å²) < 4.78 is 0. The second kappa shape index (κ2) is 10.2. The van der Waals surface area contributed by atoms with Crippen LogP contribution in [0.1, 0.15) is 36.0 Å². The molecule has 32 heavy (non-hydrogen) atoms. The lowest BCUT2D eigenvalue weighted by Gasteiger charge is -2.27. The van der Waals surface area contributed by atoms with Gasteiger partial charge in [-0.1, -0.05) is 35.5 Å². The van der Waals surface area contributed by atoms with E-state index in [9.17, 15) is 14.4 Å². The van der Waals surface area contributed by atoms with E-state index >= 15 is 0 Å². The fraction of sp³-hybridized carbons (Fsp3) is 0.304. The monoisotopic (exact) mass is 470 g/mol. The summed E-state index contributed by atoms with van der Waals surface area (Å²) in [5, 5.41) is 6.30. The lowest BCUT2D eigenvalue weighted by atomic mass is 10.1. The van der Waals surface area contributed by atoms with Crippen molar-refractivity contribution in [1.82, 2.24) is 4.90 Å². The maximum absolute atomic E-state index is 12.6. The number of carbonyl (C=O) groups excluding carboxylic acids is 3. The molecular formula is C23H23ClN4O3S. The molecular weight excluding hydrogens is 448 g/mol. The molecule has 2 aromatic carbocycles. The first-order chi connectivity index (χ1) is 15.5. The Morgan fingerprint density at radius 2 is 1.75 bits per heavy atom. The number of amidine groups is 1. The minimum Gasteiger partial charge on any atom is -0.351 e. The first-order valence-corrected chi connectivity index (χ1v) is 11.7. The molecule has 0 aliphatic carbocycles. The largest absolute Gasteiger partial charge is 0.351 e. The van der Waals surface area contributed by atoms with Crippen molar-refractivity contribution in [3.05, 3.63) is 59.1 Å². The van der Waals surface area contributed by atoms with Gasteiger partial charge in [-0.3, -0.25) is 14.4 Å². The predicted molar refractivity (Wildman–Crippen MR) is 128 cm³/mol. The van der Waals surface area contributed by atoms with Crippen LogP contribution in [0, 0.1) is 0 Å². The molecule has 2 aromatic rings. The van der Waals surface area contributed by atoms with Gasteiger partial charge in [0.15, 0.2) is 5.17 Å². The van der Waals surface area contributed by atoms with Crippen molar-refractivity contribution < 1.29 is 14.4 Å². The van der Waals surface area contributed by atoms with E-state index in [0.29, 0.717) is 22.0 Å². The number of hydrogen-bond acceptors (Lipinski definition) is 5. The van der Waals surface area contributed by atoms with Crippen LogP contribution in [0.4, 0.5) is 11.4 Å². The normalized spacial score (nSPS) is 18.3. The molecule has 7 nitrogen and oxygen atoms in total. The van der Waals surface area contributed by atoms with Crippen molar-refractivity contribution in [3.8, 4) is 0 Å². The van der Waals surface area contributed by atoms with E-state index in [1.807, 2.05) is 0 Å². The quantitative estimate of drug-likeness (QED) is 0.675. The number of rotatable bonds is 5. The Bertz CT molecular complexity index is 1070. The molecule has 3 amide bonds. The van der Waals surface area contributed by atoms with Crippen LogP contribution in [0.25, 0.3) is 0 Å². The molecule has 1 saturated heterocycles. The third-order valence-electron chi connectivity index (χ3n) is 5.22. The zero-order chi connectivity index (χ0) is 22.5. The number of amides is 3. The number of likely N-dealkylation sites (tertiary alicyclic amines) is 1. The van der Waals surface area contributed by atoms with Crippen molar-refractivity contribution in [3.63, 3.8) is 0 Å². The standard InChI is InChI=1S/C23H23ClN4O3S/c24-16-7-5-9-18(13-16)26-21(30)15-6-4-8-17(12-15)25-20(29)14-19-22(31)27-23(32-19)28-10-2-1-3-11-28/h4-9,12-13,19H,1-3,10-11,14H2,(H,25,29)(H,26,30). The number of piperidine rings is 1. The number of carbonyl (C=O) groups is 3. The Hall–Kier alpha value is -2.84. The summed E-state index contributed by atoms with van der Waals surface area (Å²) >= 11 is 7.32. The van der Waals surface area contributed by atoms with Crippen molar-refractivity contribution >= 4 is 57.6 Å². The maximum atomic E-state index is 12.6. The van der Waals surface area contributed by atoms with Crippen LogP contribution in [0.15, 0.2) is 53.5 Å². The summed E-state index contributed by atoms with van der Waals surface area (Å²) in [5.74, 6) is -0.872. The lowest BCUT2D eigenvalue weighted by molar-refractivity contribution is -0.121. The highest BCUT2D eigenvalue weighted by atomic mass is 35.5. The summed E-state index contributed by atoms with van der Waals surface area (Å²) in [6, 6.07) is 13.5. The molecule has 4 rings (SSSR count). The Kier molecular flexibility index (Phi) is 7.12. The molecule has 2 aliphatic rings. The molecule has 2 aliphatic heterocycles. The summed E-state index contributed by atoms with van der Waals surface area (Å²) in [7, 11) is 0. The van der Waals surface area contributed by atoms with Gasteiger partial charge in [0.1, 0.15) is 5.25 Å².